The largest absolute Gasteiger partial charge is 0.508 e. The fraction of sp³-hybridized carbons (Fsp3) is 0.464. The van der Waals surface area contributed by atoms with Crippen LogP contribution in [-0.4, -0.2) is 54.9 Å². The Balaban J connectivity index is 1.84. The van der Waals surface area contributed by atoms with Gasteiger partial charge < -0.3 is 23.8 Å². The molecule has 194 valence electrons. The van der Waals surface area contributed by atoms with Crippen LogP contribution in [0.25, 0.3) is 0 Å². The Labute approximate surface area is 212 Å². The highest BCUT2D eigenvalue weighted by molar-refractivity contribution is 6.01. The SMILES string of the molecule is C=CCOC(=O)OC(C)C1C(=O)N2C(C(=O)OCC=C)=C(COc3ccc(CC)cc3CC)C(C)C12. The molecule has 0 N–H and O–H groups in total. The van der Waals surface area contributed by atoms with Gasteiger partial charge in [0.25, 0.3) is 0 Å². The fourth-order valence-electron chi connectivity index (χ4n) is 4.82. The molecule has 1 fully saturated rings. The van der Waals surface area contributed by atoms with Crippen LogP contribution in [0.5, 0.6) is 5.75 Å². The number of benzene rings is 1. The molecule has 0 bridgehead atoms. The molecule has 3 rings (SSSR count). The second-order valence-corrected chi connectivity index (χ2v) is 8.88. The average molecular weight is 498 g/mol. The van der Waals surface area contributed by atoms with Crippen molar-refractivity contribution in [1.29, 1.82) is 0 Å². The summed E-state index contributed by atoms with van der Waals surface area (Å²) in [7, 11) is 0. The molecule has 1 aromatic rings. The lowest BCUT2D eigenvalue weighted by Gasteiger charge is -2.47. The number of amides is 1. The molecule has 36 heavy (non-hydrogen) atoms. The van der Waals surface area contributed by atoms with Crippen molar-refractivity contribution >= 4 is 18.0 Å². The van der Waals surface area contributed by atoms with E-state index in [4.69, 9.17) is 18.9 Å². The average Bonchev–Trinajstić information content (AvgIpc) is 3.12. The molecular weight excluding hydrogens is 462 g/mol. The maximum atomic E-state index is 13.2. The van der Waals surface area contributed by atoms with Gasteiger partial charge in [0.05, 0.1) is 12.0 Å². The van der Waals surface area contributed by atoms with Gasteiger partial charge in [-0.15, -0.1) is 0 Å². The Kier molecular flexibility index (Phi) is 8.96. The third-order valence-electron chi connectivity index (χ3n) is 6.73. The molecular formula is C28H35NO7. The van der Waals surface area contributed by atoms with E-state index in [1.54, 1.807) is 6.92 Å². The van der Waals surface area contributed by atoms with E-state index in [2.05, 4.69) is 33.1 Å². The predicted octanol–water partition coefficient (Wildman–Crippen LogP) is 4.38. The fourth-order valence-corrected chi connectivity index (χ4v) is 4.82. The number of esters is 1. The van der Waals surface area contributed by atoms with Crippen LogP contribution in [0, 0.1) is 11.8 Å². The van der Waals surface area contributed by atoms with E-state index in [9.17, 15) is 14.4 Å². The number of hydrogen-bond acceptors (Lipinski definition) is 7. The quantitative estimate of drug-likeness (QED) is 0.240. The molecule has 4 atom stereocenters. The van der Waals surface area contributed by atoms with Crippen molar-refractivity contribution in [3.63, 3.8) is 0 Å². The number of aryl methyl sites for hydroxylation is 2. The number of hydrogen-bond donors (Lipinski definition) is 0. The van der Waals surface area contributed by atoms with E-state index in [-0.39, 0.29) is 43.4 Å². The Morgan fingerprint density at radius 2 is 1.81 bits per heavy atom. The smallest absolute Gasteiger partial charge is 0.489 e. The molecule has 0 aliphatic carbocycles. The number of nitrogens with zero attached hydrogens (tertiary/aromatic N) is 1. The van der Waals surface area contributed by atoms with Crippen LogP contribution in [0.3, 0.4) is 0 Å². The highest BCUT2D eigenvalue weighted by Crippen LogP contribution is 2.48. The predicted molar refractivity (Wildman–Crippen MR) is 134 cm³/mol. The van der Waals surface area contributed by atoms with Crippen LogP contribution in [0.4, 0.5) is 4.79 Å². The zero-order valence-corrected chi connectivity index (χ0v) is 21.5. The Morgan fingerprint density at radius 3 is 2.44 bits per heavy atom. The first-order valence-corrected chi connectivity index (χ1v) is 12.3. The van der Waals surface area contributed by atoms with Crippen LogP contribution in [0.1, 0.15) is 38.8 Å². The lowest BCUT2D eigenvalue weighted by molar-refractivity contribution is -0.164. The van der Waals surface area contributed by atoms with Gasteiger partial charge in [-0.3, -0.25) is 4.79 Å². The summed E-state index contributed by atoms with van der Waals surface area (Å²) in [4.78, 5) is 39.6. The topological polar surface area (TPSA) is 91.4 Å². The number of ether oxygens (including phenoxy) is 4. The Morgan fingerprint density at radius 1 is 1.11 bits per heavy atom. The molecule has 2 aliphatic heterocycles. The molecule has 2 heterocycles. The minimum atomic E-state index is -0.871. The zero-order chi connectivity index (χ0) is 26.4. The monoisotopic (exact) mass is 497 g/mol. The standard InChI is InChI=1S/C28H35NO7/c1-7-13-33-27(31)25-21(16-35-22-12-11-19(9-3)15-20(22)10-4)17(5)24-23(26(30)29(24)25)18(6)36-28(32)34-14-8-2/h7-8,11-12,15,17-18,23-24H,1-2,9-10,13-14,16H2,3-6H3. The van der Waals surface area contributed by atoms with Gasteiger partial charge in [-0.1, -0.05) is 58.2 Å². The molecule has 8 nitrogen and oxygen atoms in total. The second kappa shape index (κ2) is 11.9. The minimum Gasteiger partial charge on any atom is -0.489 e. The zero-order valence-electron chi connectivity index (χ0n) is 21.5. The van der Waals surface area contributed by atoms with Crippen LogP contribution in [0.2, 0.25) is 0 Å². The molecule has 0 aromatic heterocycles. The summed E-state index contributed by atoms with van der Waals surface area (Å²) < 4.78 is 21.7. The second-order valence-electron chi connectivity index (χ2n) is 8.88. The van der Waals surface area contributed by atoms with Gasteiger partial charge in [0.2, 0.25) is 5.91 Å². The van der Waals surface area contributed by atoms with Crippen LogP contribution in [-0.2, 0) is 36.6 Å². The van der Waals surface area contributed by atoms with Gasteiger partial charge in [-0.25, -0.2) is 9.59 Å². The van der Waals surface area contributed by atoms with Gasteiger partial charge in [-0.05, 0) is 37.0 Å². The van der Waals surface area contributed by atoms with Crippen LogP contribution < -0.4 is 4.74 Å². The molecule has 0 radical (unpaired) electrons. The first-order chi connectivity index (χ1) is 17.3. The first kappa shape index (κ1) is 27.0. The molecule has 0 spiro atoms. The summed E-state index contributed by atoms with van der Waals surface area (Å²) in [5, 5.41) is 0. The van der Waals surface area contributed by atoms with Crippen molar-refractivity contribution in [1.82, 2.24) is 4.90 Å². The van der Waals surface area contributed by atoms with Gasteiger partial charge in [-0.2, -0.15) is 0 Å². The number of fused-ring (bicyclic) bond motifs is 1. The third kappa shape index (κ3) is 5.32. The minimum absolute atomic E-state index is 0.0114. The van der Waals surface area contributed by atoms with Gasteiger partial charge in [0.15, 0.2) is 0 Å². The highest BCUT2D eigenvalue weighted by Gasteiger charge is 2.61. The van der Waals surface area contributed by atoms with Crippen molar-refractivity contribution in [3.05, 3.63) is 65.9 Å². The summed E-state index contributed by atoms with van der Waals surface area (Å²) >= 11 is 0. The Bertz CT molecular complexity index is 1060. The molecule has 1 aromatic carbocycles. The van der Waals surface area contributed by atoms with Gasteiger partial charge >= 0.3 is 12.1 Å². The maximum absolute atomic E-state index is 13.2. The highest BCUT2D eigenvalue weighted by atomic mass is 16.7. The lowest BCUT2D eigenvalue weighted by atomic mass is 9.77. The number of β-lactam (4-membered cyclic amide) rings is 1. The first-order valence-electron chi connectivity index (χ1n) is 12.3. The number of carbonyl (C=O) groups is 3. The molecule has 1 saturated heterocycles. The maximum Gasteiger partial charge on any atom is 0.508 e. The summed E-state index contributed by atoms with van der Waals surface area (Å²) in [6, 6.07) is 5.73. The van der Waals surface area contributed by atoms with Crippen molar-refractivity contribution in [3.8, 4) is 5.75 Å². The molecule has 0 saturated carbocycles. The Hall–Kier alpha value is -3.55. The third-order valence-corrected chi connectivity index (χ3v) is 6.73. The van der Waals surface area contributed by atoms with Crippen molar-refractivity contribution < 1.29 is 33.3 Å². The van der Waals surface area contributed by atoms with Crippen molar-refractivity contribution in [2.45, 2.75) is 52.7 Å². The summed E-state index contributed by atoms with van der Waals surface area (Å²) in [5.41, 5.74) is 3.17. The summed E-state index contributed by atoms with van der Waals surface area (Å²) in [5.74, 6) is -1.00. The normalized spacial score (nSPS) is 21.3. The van der Waals surface area contributed by atoms with E-state index >= 15 is 0 Å². The van der Waals surface area contributed by atoms with E-state index < -0.39 is 24.1 Å². The number of carbonyl (C=O) groups excluding carboxylic acids is 3. The lowest BCUT2D eigenvalue weighted by Crippen LogP contribution is -2.64. The van der Waals surface area contributed by atoms with Crippen molar-refractivity contribution in [2.75, 3.05) is 19.8 Å². The van der Waals surface area contributed by atoms with E-state index in [0.29, 0.717) is 5.57 Å². The van der Waals surface area contributed by atoms with Crippen LogP contribution in [0.15, 0.2) is 54.8 Å². The number of rotatable bonds is 12. The molecule has 4 unspecified atom stereocenters. The summed E-state index contributed by atoms with van der Waals surface area (Å²) in [6.07, 6.45) is 3.02. The van der Waals surface area contributed by atoms with E-state index in [1.807, 2.05) is 19.1 Å². The van der Waals surface area contributed by atoms with E-state index in [1.165, 1.54) is 22.6 Å². The van der Waals surface area contributed by atoms with Gasteiger partial charge in [0, 0.05) is 11.5 Å². The molecule has 2 aliphatic rings. The summed E-state index contributed by atoms with van der Waals surface area (Å²) in [6.45, 7) is 15.0. The van der Waals surface area contributed by atoms with Crippen LogP contribution >= 0.6 is 0 Å². The van der Waals surface area contributed by atoms with Gasteiger partial charge in [0.1, 0.15) is 37.4 Å². The molecule has 8 heteroatoms. The molecule has 1 amide bonds. The van der Waals surface area contributed by atoms with E-state index in [0.717, 1.165) is 24.2 Å². The van der Waals surface area contributed by atoms with Crippen molar-refractivity contribution in [2.24, 2.45) is 11.8 Å².